The maximum atomic E-state index is 12.6. The number of nitrogens with two attached hydrogens (primary N) is 1. The molecule has 1 aromatic rings. The molecule has 1 aromatic heterocycles. The summed E-state index contributed by atoms with van der Waals surface area (Å²) in [6, 6.07) is 1.73. The summed E-state index contributed by atoms with van der Waals surface area (Å²) < 4.78 is 0. The van der Waals surface area contributed by atoms with Gasteiger partial charge < -0.3 is 10.6 Å². The largest absolute Gasteiger partial charge is 0.369 e. The molecule has 0 saturated carbocycles. The third kappa shape index (κ3) is 2.93. The Morgan fingerprint density at radius 1 is 1.45 bits per heavy atom. The fourth-order valence-corrected chi connectivity index (χ4v) is 2.75. The van der Waals surface area contributed by atoms with E-state index in [1.165, 1.54) is 6.20 Å². The van der Waals surface area contributed by atoms with Crippen molar-refractivity contribution < 1.29 is 9.59 Å². The normalized spacial score (nSPS) is 22.6. The predicted molar refractivity (Wildman–Crippen MR) is 76.4 cm³/mol. The van der Waals surface area contributed by atoms with Crippen molar-refractivity contribution in [2.45, 2.75) is 32.7 Å². The van der Waals surface area contributed by atoms with E-state index in [1.54, 1.807) is 11.0 Å². The molecule has 0 aromatic carbocycles. The standard InChI is InChI=1S/C14H18ClN3O2/c1-8-5-12(15)11(6-17-8)14(20)18-7-10(13(16)19)4-3-9(18)2/h5-6,9-10H,3-4,7H2,1-2H3,(H2,16,19). The number of hydrogen-bond acceptors (Lipinski definition) is 3. The number of halogens is 1. The van der Waals surface area contributed by atoms with E-state index in [-0.39, 0.29) is 23.8 Å². The molecule has 6 heteroatoms. The summed E-state index contributed by atoms with van der Waals surface area (Å²) in [6.45, 7) is 4.12. The molecule has 108 valence electrons. The number of rotatable bonds is 2. The highest BCUT2D eigenvalue weighted by molar-refractivity contribution is 6.33. The molecule has 2 heterocycles. The SMILES string of the molecule is Cc1cc(Cl)c(C(=O)N2CC(C(N)=O)CCC2C)cn1. The van der Waals surface area contributed by atoms with Gasteiger partial charge in [0.1, 0.15) is 0 Å². The number of piperidine rings is 1. The van der Waals surface area contributed by atoms with Crippen molar-refractivity contribution in [3.63, 3.8) is 0 Å². The highest BCUT2D eigenvalue weighted by atomic mass is 35.5. The number of pyridine rings is 1. The van der Waals surface area contributed by atoms with Crippen LogP contribution in [0, 0.1) is 12.8 Å². The molecule has 0 radical (unpaired) electrons. The fourth-order valence-electron chi connectivity index (χ4n) is 2.46. The van der Waals surface area contributed by atoms with Crippen LogP contribution in [0.2, 0.25) is 5.02 Å². The van der Waals surface area contributed by atoms with Crippen LogP contribution in [0.15, 0.2) is 12.3 Å². The lowest BCUT2D eigenvalue weighted by atomic mass is 9.92. The Morgan fingerprint density at radius 3 is 2.75 bits per heavy atom. The number of carbonyl (C=O) groups excluding carboxylic acids is 2. The Hall–Kier alpha value is -1.62. The van der Waals surface area contributed by atoms with E-state index >= 15 is 0 Å². The molecule has 20 heavy (non-hydrogen) atoms. The van der Waals surface area contributed by atoms with Gasteiger partial charge in [-0.3, -0.25) is 14.6 Å². The van der Waals surface area contributed by atoms with Crippen molar-refractivity contribution in [1.29, 1.82) is 0 Å². The van der Waals surface area contributed by atoms with Crippen molar-refractivity contribution in [2.24, 2.45) is 11.7 Å². The van der Waals surface area contributed by atoms with Gasteiger partial charge in [0.15, 0.2) is 0 Å². The Bertz CT molecular complexity index is 547. The molecule has 2 atom stereocenters. The first-order chi connectivity index (χ1) is 9.40. The van der Waals surface area contributed by atoms with Crippen LogP contribution in [0.1, 0.15) is 35.8 Å². The smallest absolute Gasteiger partial charge is 0.257 e. The summed E-state index contributed by atoms with van der Waals surface area (Å²) in [7, 11) is 0. The van der Waals surface area contributed by atoms with Gasteiger partial charge in [-0.1, -0.05) is 11.6 Å². The second kappa shape index (κ2) is 5.79. The Balaban J connectivity index is 2.24. The van der Waals surface area contributed by atoms with Crippen molar-refractivity contribution in [1.82, 2.24) is 9.88 Å². The molecule has 2 N–H and O–H groups in total. The molecule has 2 rings (SSSR count). The van der Waals surface area contributed by atoms with E-state index in [9.17, 15) is 9.59 Å². The summed E-state index contributed by atoms with van der Waals surface area (Å²) in [4.78, 5) is 29.7. The first-order valence-corrected chi connectivity index (χ1v) is 7.00. The number of aryl methyl sites for hydroxylation is 1. The fraction of sp³-hybridized carbons (Fsp3) is 0.500. The van der Waals surface area contributed by atoms with Crippen molar-refractivity contribution in [3.8, 4) is 0 Å². The van der Waals surface area contributed by atoms with E-state index in [0.29, 0.717) is 17.1 Å². The molecule has 0 aliphatic carbocycles. The monoisotopic (exact) mass is 295 g/mol. The van der Waals surface area contributed by atoms with Crippen LogP contribution in [-0.2, 0) is 4.79 Å². The third-order valence-corrected chi connectivity index (χ3v) is 4.08. The molecule has 1 fully saturated rings. The van der Waals surface area contributed by atoms with Gasteiger partial charge in [0, 0.05) is 24.5 Å². The van der Waals surface area contributed by atoms with Crippen LogP contribution >= 0.6 is 11.6 Å². The van der Waals surface area contributed by atoms with Gasteiger partial charge in [-0.15, -0.1) is 0 Å². The van der Waals surface area contributed by atoms with E-state index in [2.05, 4.69) is 4.98 Å². The summed E-state index contributed by atoms with van der Waals surface area (Å²) in [5.74, 6) is -0.837. The third-order valence-electron chi connectivity index (χ3n) is 3.77. The minimum absolute atomic E-state index is 0.0652. The first-order valence-electron chi connectivity index (χ1n) is 6.62. The average molecular weight is 296 g/mol. The van der Waals surface area contributed by atoms with Gasteiger partial charge in [-0.05, 0) is 32.8 Å². The lowest BCUT2D eigenvalue weighted by molar-refractivity contribution is -0.123. The van der Waals surface area contributed by atoms with Crippen LogP contribution in [0.4, 0.5) is 0 Å². The maximum absolute atomic E-state index is 12.6. The molecule has 1 aliphatic rings. The van der Waals surface area contributed by atoms with Gasteiger partial charge in [-0.25, -0.2) is 0 Å². The lowest BCUT2D eigenvalue weighted by Gasteiger charge is -2.37. The molecule has 2 amide bonds. The number of likely N-dealkylation sites (tertiary alicyclic amines) is 1. The molecule has 1 saturated heterocycles. The summed E-state index contributed by atoms with van der Waals surface area (Å²) in [6.07, 6.45) is 2.97. The highest BCUT2D eigenvalue weighted by Gasteiger charge is 2.32. The van der Waals surface area contributed by atoms with Crippen LogP contribution < -0.4 is 5.73 Å². The summed E-state index contributed by atoms with van der Waals surface area (Å²) >= 11 is 6.11. The maximum Gasteiger partial charge on any atom is 0.257 e. The zero-order valence-corrected chi connectivity index (χ0v) is 12.4. The Labute approximate surface area is 123 Å². The zero-order valence-electron chi connectivity index (χ0n) is 11.6. The molecule has 0 spiro atoms. The Morgan fingerprint density at radius 2 is 2.15 bits per heavy atom. The molecule has 2 unspecified atom stereocenters. The zero-order chi connectivity index (χ0) is 14.9. The minimum atomic E-state index is -0.358. The van der Waals surface area contributed by atoms with E-state index in [4.69, 9.17) is 17.3 Å². The van der Waals surface area contributed by atoms with Gasteiger partial charge >= 0.3 is 0 Å². The quantitative estimate of drug-likeness (QED) is 0.903. The van der Waals surface area contributed by atoms with E-state index < -0.39 is 0 Å². The summed E-state index contributed by atoms with van der Waals surface area (Å²) in [5.41, 5.74) is 6.48. The highest BCUT2D eigenvalue weighted by Crippen LogP contribution is 2.25. The van der Waals surface area contributed by atoms with Gasteiger partial charge in [0.2, 0.25) is 5.91 Å². The topological polar surface area (TPSA) is 76.3 Å². The van der Waals surface area contributed by atoms with E-state index in [0.717, 1.165) is 18.5 Å². The predicted octanol–water partition coefficient (Wildman–Crippen LogP) is 1.77. The minimum Gasteiger partial charge on any atom is -0.369 e. The lowest BCUT2D eigenvalue weighted by Crippen LogP contribution is -2.48. The van der Waals surface area contributed by atoms with Crippen molar-refractivity contribution in [3.05, 3.63) is 28.5 Å². The van der Waals surface area contributed by atoms with Crippen LogP contribution in [0.25, 0.3) is 0 Å². The van der Waals surface area contributed by atoms with Gasteiger partial charge in [-0.2, -0.15) is 0 Å². The second-order valence-corrected chi connectivity index (χ2v) is 5.70. The van der Waals surface area contributed by atoms with E-state index in [1.807, 2.05) is 13.8 Å². The number of hydrogen-bond donors (Lipinski definition) is 1. The van der Waals surface area contributed by atoms with Gasteiger partial charge in [0.25, 0.3) is 5.91 Å². The summed E-state index contributed by atoms with van der Waals surface area (Å²) in [5, 5.41) is 0.385. The number of carbonyl (C=O) groups is 2. The molecular weight excluding hydrogens is 278 g/mol. The second-order valence-electron chi connectivity index (χ2n) is 5.29. The first kappa shape index (κ1) is 14.8. The number of nitrogens with zero attached hydrogens (tertiary/aromatic N) is 2. The molecule has 5 nitrogen and oxygen atoms in total. The van der Waals surface area contributed by atoms with Crippen molar-refractivity contribution in [2.75, 3.05) is 6.54 Å². The number of amides is 2. The molecular formula is C14H18ClN3O2. The molecule has 1 aliphatic heterocycles. The molecule has 0 bridgehead atoms. The number of primary amides is 1. The van der Waals surface area contributed by atoms with Crippen LogP contribution in [0.3, 0.4) is 0 Å². The van der Waals surface area contributed by atoms with Gasteiger partial charge in [0.05, 0.1) is 16.5 Å². The van der Waals surface area contributed by atoms with Crippen molar-refractivity contribution >= 4 is 23.4 Å². The average Bonchev–Trinajstić information content (AvgIpc) is 2.38. The number of aromatic nitrogens is 1. The van der Waals surface area contributed by atoms with Crippen LogP contribution in [0.5, 0.6) is 0 Å². The van der Waals surface area contributed by atoms with Crippen LogP contribution in [-0.4, -0.2) is 34.3 Å². The Kier molecular flexibility index (Phi) is 4.28.